The highest BCUT2D eigenvalue weighted by molar-refractivity contribution is 6.31. The van der Waals surface area contributed by atoms with Gasteiger partial charge in [0.15, 0.2) is 5.78 Å². The van der Waals surface area contributed by atoms with E-state index < -0.39 is 5.92 Å². The van der Waals surface area contributed by atoms with Gasteiger partial charge >= 0.3 is 0 Å². The van der Waals surface area contributed by atoms with Gasteiger partial charge in [-0.2, -0.15) is 10.4 Å². The maximum Gasteiger partial charge on any atom is 0.205 e. The number of carbonyl (C=O) groups is 1. The number of rotatable bonds is 2. The molecule has 3 rings (SSSR count). The third-order valence-electron chi connectivity index (χ3n) is 4.01. The Labute approximate surface area is 132 Å². The van der Waals surface area contributed by atoms with Crippen LogP contribution in [0.25, 0.3) is 0 Å². The van der Waals surface area contributed by atoms with Crippen LogP contribution in [0.1, 0.15) is 37.8 Å². The van der Waals surface area contributed by atoms with E-state index in [-0.39, 0.29) is 17.2 Å². The minimum absolute atomic E-state index is 0.0218. The smallest absolute Gasteiger partial charge is 0.205 e. The first-order valence-electron chi connectivity index (χ1n) is 7.13. The summed E-state index contributed by atoms with van der Waals surface area (Å²) in [7, 11) is 0. The van der Waals surface area contributed by atoms with Gasteiger partial charge in [0.2, 0.25) is 5.88 Å². The standard InChI is InChI=1S/C15H15ClN4O2/c1-2-20-14(9(16)7-19-20)12-8(6-17)15(18)22-11-5-3-4-10(21)13(11)12/h7,12H,2-5,18H2,1H3/t12-/m0/s1. The zero-order valence-corrected chi connectivity index (χ0v) is 12.9. The molecule has 0 saturated heterocycles. The first-order valence-corrected chi connectivity index (χ1v) is 7.51. The molecule has 1 aliphatic heterocycles. The van der Waals surface area contributed by atoms with Crippen LogP contribution in [0.15, 0.2) is 29.0 Å². The summed E-state index contributed by atoms with van der Waals surface area (Å²) >= 11 is 6.28. The van der Waals surface area contributed by atoms with Crippen molar-refractivity contribution in [1.82, 2.24) is 9.78 Å². The quantitative estimate of drug-likeness (QED) is 0.903. The van der Waals surface area contributed by atoms with Crippen LogP contribution in [-0.2, 0) is 16.1 Å². The molecule has 0 amide bonds. The van der Waals surface area contributed by atoms with Crippen LogP contribution in [0.3, 0.4) is 0 Å². The molecule has 1 aromatic rings. The maximum atomic E-state index is 12.4. The molecule has 0 spiro atoms. The van der Waals surface area contributed by atoms with E-state index in [0.29, 0.717) is 41.4 Å². The molecular weight excluding hydrogens is 304 g/mol. The molecule has 22 heavy (non-hydrogen) atoms. The lowest BCUT2D eigenvalue weighted by molar-refractivity contribution is -0.116. The average Bonchev–Trinajstić information content (AvgIpc) is 2.86. The van der Waals surface area contributed by atoms with Crippen molar-refractivity contribution in [2.45, 2.75) is 38.6 Å². The second-order valence-corrected chi connectivity index (χ2v) is 5.64. The molecule has 2 aliphatic rings. The highest BCUT2D eigenvalue weighted by Gasteiger charge is 2.40. The fourth-order valence-electron chi connectivity index (χ4n) is 3.04. The van der Waals surface area contributed by atoms with Gasteiger partial charge in [-0.3, -0.25) is 9.48 Å². The molecule has 1 atom stereocenters. The van der Waals surface area contributed by atoms with E-state index in [0.717, 1.165) is 6.42 Å². The van der Waals surface area contributed by atoms with Gasteiger partial charge in [0, 0.05) is 25.0 Å². The lowest BCUT2D eigenvalue weighted by Gasteiger charge is -2.31. The predicted molar refractivity (Wildman–Crippen MR) is 79.4 cm³/mol. The number of hydrogen-bond donors (Lipinski definition) is 1. The van der Waals surface area contributed by atoms with Crippen LogP contribution in [0, 0.1) is 11.3 Å². The van der Waals surface area contributed by atoms with Gasteiger partial charge in [-0.15, -0.1) is 0 Å². The van der Waals surface area contributed by atoms with Gasteiger partial charge in [0.1, 0.15) is 17.4 Å². The fourth-order valence-corrected chi connectivity index (χ4v) is 3.29. The van der Waals surface area contributed by atoms with Crippen molar-refractivity contribution in [3.05, 3.63) is 39.7 Å². The fraction of sp³-hybridized carbons (Fsp3) is 0.400. The number of nitriles is 1. The Morgan fingerprint density at radius 1 is 1.59 bits per heavy atom. The molecule has 1 aromatic heterocycles. The van der Waals surface area contributed by atoms with Gasteiger partial charge in [-0.05, 0) is 13.3 Å². The lowest BCUT2D eigenvalue weighted by Crippen LogP contribution is -2.28. The van der Waals surface area contributed by atoms with Crippen LogP contribution < -0.4 is 5.73 Å². The topological polar surface area (TPSA) is 93.9 Å². The second-order valence-electron chi connectivity index (χ2n) is 5.23. The van der Waals surface area contributed by atoms with Crippen LogP contribution in [0.2, 0.25) is 5.02 Å². The van der Waals surface area contributed by atoms with Gasteiger partial charge in [-0.25, -0.2) is 0 Å². The Kier molecular flexibility index (Phi) is 3.67. The number of Topliss-reactive ketones (excluding diaryl/α,β-unsaturated/α-hetero) is 1. The minimum atomic E-state index is -0.600. The van der Waals surface area contributed by atoms with Crippen LogP contribution >= 0.6 is 11.6 Å². The Morgan fingerprint density at radius 3 is 3.05 bits per heavy atom. The summed E-state index contributed by atoms with van der Waals surface area (Å²) < 4.78 is 7.22. The number of aromatic nitrogens is 2. The zero-order chi connectivity index (χ0) is 15.9. The second kappa shape index (κ2) is 5.50. The van der Waals surface area contributed by atoms with E-state index in [1.54, 1.807) is 4.68 Å². The third-order valence-corrected chi connectivity index (χ3v) is 4.30. The summed E-state index contributed by atoms with van der Waals surface area (Å²) in [5.74, 6) is -0.0264. The van der Waals surface area contributed by atoms with Gasteiger partial charge in [0.05, 0.1) is 22.8 Å². The Morgan fingerprint density at radius 2 is 2.36 bits per heavy atom. The Balaban J connectivity index is 2.25. The molecule has 0 unspecified atom stereocenters. The Hall–Kier alpha value is -2.26. The molecule has 0 bridgehead atoms. The van der Waals surface area contributed by atoms with Crippen LogP contribution in [-0.4, -0.2) is 15.6 Å². The summed E-state index contributed by atoms with van der Waals surface area (Å²) in [6.45, 7) is 2.50. The summed E-state index contributed by atoms with van der Waals surface area (Å²) in [5, 5.41) is 14.1. The molecule has 7 heteroatoms. The van der Waals surface area contributed by atoms with Crippen molar-refractivity contribution in [3.8, 4) is 6.07 Å². The van der Waals surface area contributed by atoms with Crippen molar-refractivity contribution >= 4 is 17.4 Å². The SMILES string of the molecule is CCn1ncc(Cl)c1[C@H]1C(C#N)=C(N)OC2=C1C(=O)CCC2. The molecule has 0 radical (unpaired) electrons. The largest absolute Gasteiger partial charge is 0.444 e. The summed E-state index contributed by atoms with van der Waals surface area (Å²) in [6, 6.07) is 2.07. The van der Waals surface area contributed by atoms with Gasteiger partial charge in [0.25, 0.3) is 0 Å². The number of nitrogens with zero attached hydrogens (tertiary/aromatic N) is 3. The summed E-state index contributed by atoms with van der Waals surface area (Å²) in [5.41, 5.74) is 7.23. The molecule has 0 saturated carbocycles. The van der Waals surface area contributed by atoms with E-state index in [2.05, 4.69) is 11.2 Å². The molecule has 6 nitrogen and oxygen atoms in total. The Bertz CT molecular complexity index is 754. The number of ether oxygens (including phenoxy) is 1. The van der Waals surface area contributed by atoms with E-state index in [9.17, 15) is 10.1 Å². The first-order chi connectivity index (χ1) is 10.6. The monoisotopic (exact) mass is 318 g/mol. The van der Waals surface area contributed by atoms with Crippen LogP contribution in [0.5, 0.6) is 0 Å². The molecule has 114 valence electrons. The molecule has 2 heterocycles. The highest BCUT2D eigenvalue weighted by atomic mass is 35.5. The van der Waals surface area contributed by atoms with Gasteiger partial charge in [-0.1, -0.05) is 11.6 Å². The highest BCUT2D eigenvalue weighted by Crippen LogP contribution is 2.45. The molecule has 2 N–H and O–H groups in total. The van der Waals surface area contributed by atoms with Crippen molar-refractivity contribution in [3.63, 3.8) is 0 Å². The number of carbonyl (C=O) groups excluding carboxylic acids is 1. The number of hydrogen-bond acceptors (Lipinski definition) is 5. The number of nitrogens with two attached hydrogens (primary N) is 1. The predicted octanol–water partition coefficient (Wildman–Crippen LogP) is 2.37. The van der Waals surface area contributed by atoms with E-state index in [4.69, 9.17) is 22.1 Å². The molecular formula is C15H15ClN4O2. The van der Waals surface area contributed by atoms with Gasteiger partial charge < -0.3 is 10.5 Å². The minimum Gasteiger partial charge on any atom is -0.444 e. The number of halogens is 1. The van der Waals surface area contributed by atoms with E-state index in [1.807, 2.05) is 6.92 Å². The van der Waals surface area contributed by atoms with Crippen LogP contribution in [0.4, 0.5) is 0 Å². The first kappa shape index (κ1) is 14.7. The average molecular weight is 319 g/mol. The number of aryl methyl sites for hydroxylation is 1. The molecule has 0 aromatic carbocycles. The van der Waals surface area contributed by atoms with Crippen molar-refractivity contribution in [2.75, 3.05) is 0 Å². The molecule has 0 fully saturated rings. The zero-order valence-electron chi connectivity index (χ0n) is 12.1. The lowest BCUT2D eigenvalue weighted by atomic mass is 9.79. The number of ketones is 1. The van der Waals surface area contributed by atoms with Crippen molar-refractivity contribution in [2.24, 2.45) is 5.73 Å². The van der Waals surface area contributed by atoms with E-state index >= 15 is 0 Å². The summed E-state index contributed by atoms with van der Waals surface area (Å²) in [4.78, 5) is 12.4. The number of allylic oxidation sites excluding steroid dienone is 3. The van der Waals surface area contributed by atoms with E-state index in [1.165, 1.54) is 6.20 Å². The third kappa shape index (κ3) is 2.09. The normalized spacial score (nSPS) is 21.5. The molecule has 1 aliphatic carbocycles. The summed E-state index contributed by atoms with van der Waals surface area (Å²) in [6.07, 6.45) is 3.32. The van der Waals surface area contributed by atoms with Crippen molar-refractivity contribution in [1.29, 1.82) is 5.26 Å². The van der Waals surface area contributed by atoms with Crippen molar-refractivity contribution < 1.29 is 9.53 Å². The maximum absolute atomic E-state index is 12.4.